The molecule has 27 heavy (non-hydrogen) atoms. The topological polar surface area (TPSA) is 126 Å². The Balaban J connectivity index is 1.70. The maximum absolute atomic E-state index is 12.7. The Morgan fingerprint density at radius 1 is 1.37 bits per heavy atom. The molecule has 3 aromatic rings. The van der Waals surface area contributed by atoms with Crippen LogP contribution in [0.1, 0.15) is 23.2 Å². The van der Waals surface area contributed by atoms with E-state index in [4.69, 9.17) is 4.74 Å². The van der Waals surface area contributed by atoms with E-state index in [1.54, 1.807) is 24.3 Å². The highest BCUT2D eigenvalue weighted by Gasteiger charge is 2.32. The number of nitrogens with one attached hydrogen (secondary N) is 2. The Morgan fingerprint density at radius 2 is 2.19 bits per heavy atom. The minimum Gasteiger partial charge on any atom is -0.480 e. The number of carbonyl (C=O) groups is 2. The van der Waals surface area contributed by atoms with E-state index in [0.717, 1.165) is 6.42 Å². The van der Waals surface area contributed by atoms with Gasteiger partial charge in [-0.05, 0) is 25.0 Å². The molecule has 2 atom stereocenters. The number of ether oxygens (including phenoxy) is 1. The summed E-state index contributed by atoms with van der Waals surface area (Å²) >= 11 is 0. The van der Waals surface area contributed by atoms with Gasteiger partial charge in [-0.2, -0.15) is 5.10 Å². The third-order valence-corrected chi connectivity index (χ3v) is 4.84. The van der Waals surface area contributed by atoms with Gasteiger partial charge in [-0.25, -0.2) is 9.31 Å². The quantitative estimate of drug-likeness (QED) is 0.623. The summed E-state index contributed by atoms with van der Waals surface area (Å²) in [6, 6.07) is 5.83. The second kappa shape index (κ2) is 6.84. The molecule has 1 aliphatic heterocycles. The van der Waals surface area contributed by atoms with Crippen molar-refractivity contribution in [1.29, 1.82) is 0 Å². The molecule has 1 fully saturated rings. The highest BCUT2D eigenvalue weighted by Crippen LogP contribution is 2.19. The van der Waals surface area contributed by atoms with Crippen LogP contribution in [0.2, 0.25) is 0 Å². The van der Waals surface area contributed by atoms with Crippen molar-refractivity contribution in [2.24, 2.45) is 5.92 Å². The lowest BCUT2D eigenvalue weighted by Gasteiger charge is -2.27. The summed E-state index contributed by atoms with van der Waals surface area (Å²) in [4.78, 5) is 39.3. The van der Waals surface area contributed by atoms with Crippen molar-refractivity contribution in [3.63, 3.8) is 0 Å². The van der Waals surface area contributed by atoms with Crippen LogP contribution in [0, 0.1) is 5.92 Å². The molecule has 3 N–H and O–H groups in total. The van der Waals surface area contributed by atoms with E-state index in [9.17, 15) is 19.5 Å². The first-order valence-corrected chi connectivity index (χ1v) is 8.66. The van der Waals surface area contributed by atoms with Gasteiger partial charge in [-0.15, -0.1) is 0 Å². The minimum atomic E-state index is -1.12. The first-order chi connectivity index (χ1) is 13.1. The van der Waals surface area contributed by atoms with Crippen LogP contribution in [-0.2, 0) is 9.53 Å². The number of carboxylic acids is 1. The molecule has 0 radical (unpaired) electrons. The molecule has 9 heteroatoms. The molecule has 0 saturated carbocycles. The molecule has 0 spiro atoms. The van der Waals surface area contributed by atoms with Crippen molar-refractivity contribution in [3.8, 4) is 0 Å². The molecule has 1 aliphatic rings. The summed E-state index contributed by atoms with van der Waals surface area (Å²) in [7, 11) is 0. The van der Waals surface area contributed by atoms with E-state index in [1.807, 2.05) is 0 Å². The van der Waals surface area contributed by atoms with Crippen LogP contribution in [0.25, 0.3) is 16.6 Å². The molecule has 1 amide bonds. The average molecular weight is 370 g/mol. The van der Waals surface area contributed by atoms with Gasteiger partial charge in [0.1, 0.15) is 17.3 Å². The molecular formula is C18H18N4O5. The van der Waals surface area contributed by atoms with Gasteiger partial charge in [0.05, 0.1) is 23.7 Å². The van der Waals surface area contributed by atoms with E-state index in [2.05, 4.69) is 15.4 Å². The number of aromatic amines is 1. The van der Waals surface area contributed by atoms with Crippen molar-refractivity contribution in [2.45, 2.75) is 18.9 Å². The number of carboxylic acid groups (broad SMARTS) is 1. The average Bonchev–Trinajstić information content (AvgIpc) is 3.10. The molecule has 9 nitrogen and oxygen atoms in total. The van der Waals surface area contributed by atoms with Crippen molar-refractivity contribution in [3.05, 3.63) is 46.4 Å². The molecule has 2 unspecified atom stereocenters. The van der Waals surface area contributed by atoms with Gasteiger partial charge in [0.25, 0.3) is 11.5 Å². The molecule has 0 bridgehead atoms. The summed E-state index contributed by atoms with van der Waals surface area (Å²) < 4.78 is 6.80. The molecule has 4 rings (SSSR count). The van der Waals surface area contributed by atoms with E-state index >= 15 is 0 Å². The maximum Gasteiger partial charge on any atom is 0.326 e. The Labute approximate surface area is 152 Å². The number of carbonyl (C=O) groups excluding carboxylic acids is 1. The fraction of sp³-hybridized carbons (Fsp3) is 0.333. The van der Waals surface area contributed by atoms with Gasteiger partial charge in [0.15, 0.2) is 0 Å². The van der Waals surface area contributed by atoms with Crippen LogP contribution in [-0.4, -0.2) is 50.8 Å². The number of hydrogen-bond donors (Lipinski definition) is 3. The summed E-state index contributed by atoms with van der Waals surface area (Å²) in [5, 5.41) is 16.7. The van der Waals surface area contributed by atoms with E-state index < -0.39 is 17.9 Å². The molecule has 0 aliphatic carbocycles. The van der Waals surface area contributed by atoms with Gasteiger partial charge in [0, 0.05) is 12.5 Å². The van der Waals surface area contributed by atoms with Crippen molar-refractivity contribution >= 4 is 28.4 Å². The normalized spacial score (nSPS) is 18.4. The number of nitrogens with zero attached hydrogens (tertiary/aromatic N) is 2. The number of aliphatic carboxylic acids is 1. The van der Waals surface area contributed by atoms with Crippen molar-refractivity contribution < 1.29 is 19.4 Å². The molecule has 140 valence electrons. The van der Waals surface area contributed by atoms with Crippen molar-refractivity contribution in [2.75, 3.05) is 13.2 Å². The first kappa shape index (κ1) is 17.2. The molecule has 3 heterocycles. The lowest BCUT2D eigenvalue weighted by Crippen LogP contribution is -2.48. The van der Waals surface area contributed by atoms with Crippen LogP contribution >= 0.6 is 0 Å². The highest BCUT2D eigenvalue weighted by atomic mass is 16.5. The number of aromatic nitrogens is 3. The Morgan fingerprint density at radius 3 is 2.93 bits per heavy atom. The molecule has 1 aromatic carbocycles. The predicted octanol–water partition coefficient (Wildman–Crippen LogP) is 0.785. The zero-order valence-electron chi connectivity index (χ0n) is 14.3. The fourth-order valence-electron chi connectivity index (χ4n) is 3.47. The van der Waals surface area contributed by atoms with Gasteiger partial charge >= 0.3 is 5.97 Å². The SMILES string of the molecule is O=C(NC(C(=O)O)C1CCCOC1)c1cnn2c1[nH]c(=O)c1ccccc12. The molecule has 1 saturated heterocycles. The molecular weight excluding hydrogens is 352 g/mol. The Bertz CT molecular complexity index is 1080. The van der Waals surface area contributed by atoms with Crippen LogP contribution < -0.4 is 10.9 Å². The number of fused-ring (bicyclic) bond motifs is 3. The summed E-state index contributed by atoms with van der Waals surface area (Å²) in [6.07, 6.45) is 2.73. The van der Waals surface area contributed by atoms with E-state index in [-0.39, 0.29) is 29.3 Å². The zero-order chi connectivity index (χ0) is 19.0. The first-order valence-electron chi connectivity index (χ1n) is 8.66. The highest BCUT2D eigenvalue weighted by molar-refractivity contribution is 6.02. The molecule has 2 aromatic heterocycles. The second-order valence-corrected chi connectivity index (χ2v) is 6.56. The van der Waals surface area contributed by atoms with Crippen LogP contribution in [0.3, 0.4) is 0 Å². The standard InChI is InChI=1S/C18H18N4O5/c23-16-11-5-1-2-6-13(11)22-15(21-16)12(8-19-22)17(24)20-14(18(25)26)10-4-3-7-27-9-10/h1-2,5-6,8,10,14H,3-4,7,9H2,(H,20,24)(H,21,23)(H,25,26). The Hall–Kier alpha value is -3.20. The zero-order valence-corrected chi connectivity index (χ0v) is 14.3. The Kier molecular flexibility index (Phi) is 4.36. The van der Waals surface area contributed by atoms with Gasteiger partial charge in [-0.1, -0.05) is 12.1 Å². The number of hydrogen-bond acceptors (Lipinski definition) is 5. The number of para-hydroxylation sites is 1. The predicted molar refractivity (Wildman–Crippen MR) is 95.8 cm³/mol. The third kappa shape index (κ3) is 3.06. The number of benzene rings is 1. The lowest BCUT2D eigenvalue weighted by atomic mass is 9.93. The van der Waals surface area contributed by atoms with Crippen LogP contribution in [0.5, 0.6) is 0 Å². The largest absolute Gasteiger partial charge is 0.480 e. The van der Waals surface area contributed by atoms with E-state index in [1.165, 1.54) is 10.7 Å². The minimum absolute atomic E-state index is 0.112. The van der Waals surface area contributed by atoms with Gasteiger partial charge < -0.3 is 20.1 Å². The lowest BCUT2D eigenvalue weighted by molar-refractivity contribution is -0.142. The van der Waals surface area contributed by atoms with Gasteiger partial charge in [-0.3, -0.25) is 9.59 Å². The van der Waals surface area contributed by atoms with Crippen LogP contribution in [0.15, 0.2) is 35.3 Å². The summed E-state index contributed by atoms with van der Waals surface area (Å²) in [5.41, 5.74) is 0.551. The summed E-state index contributed by atoms with van der Waals surface area (Å²) in [5.74, 6) is -2.02. The number of rotatable bonds is 4. The second-order valence-electron chi connectivity index (χ2n) is 6.56. The summed E-state index contributed by atoms with van der Waals surface area (Å²) in [6.45, 7) is 0.882. The fourth-order valence-corrected chi connectivity index (χ4v) is 3.47. The third-order valence-electron chi connectivity index (χ3n) is 4.84. The number of amides is 1. The number of H-pyrrole nitrogens is 1. The smallest absolute Gasteiger partial charge is 0.326 e. The monoisotopic (exact) mass is 370 g/mol. The van der Waals surface area contributed by atoms with Crippen LogP contribution in [0.4, 0.5) is 0 Å². The maximum atomic E-state index is 12.7. The van der Waals surface area contributed by atoms with Crippen molar-refractivity contribution in [1.82, 2.24) is 19.9 Å². The van der Waals surface area contributed by atoms with E-state index in [0.29, 0.717) is 23.9 Å². The van der Waals surface area contributed by atoms with Gasteiger partial charge in [0.2, 0.25) is 0 Å².